The first-order valence-corrected chi connectivity index (χ1v) is 12.0. The molecule has 0 bridgehead atoms. The maximum absolute atomic E-state index is 15.0. The van der Waals surface area contributed by atoms with E-state index in [0.29, 0.717) is 18.1 Å². The first kappa shape index (κ1) is 26.9. The molecule has 1 saturated heterocycles. The number of alkyl halides is 3. The van der Waals surface area contributed by atoms with Gasteiger partial charge in [0.05, 0.1) is 12.7 Å². The fourth-order valence-electron chi connectivity index (χ4n) is 4.66. The summed E-state index contributed by atoms with van der Waals surface area (Å²) >= 11 is 0. The molecule has 1 nitrogen and oxygen atoms in total. The molecule has 0 saturated carbocycles. The summed E-state index contributed by atoms with van der Waals surface area (Å²) in [5, 5.41) is 0. The summed E-state index contributed by atoms with van der Waals surface area (Å²) in [6.07, 6.45) is -0.954. The van der Waals surface area contributed by atoms with Crippen molar-refractivity contribution >= 4 is 6.08 Å². The van der Waals surface area contributed by atoms with Gasteiger partial charge in [-0.2, -0.15) is 13.2 Å². The van der Waals surface area contributed by atoms with Gasteiger partial charge in [0.15, 0.2) is 0 Å². The number of hydrogen-bond donors (Lipinski definition) is 0. The Hall–Kier alpha value is -3.13. The smallest absolute Gasteiger partial charge is 0.373 e. The molecule has 4 rings (SSSR count). The predicted octanol–water partition coefficient (Wildman–Crippen LogP) is 9.42. The van der Waals surface area contributed by atoms with Crippen LogP contribution in [0.1, 0.15) is 49.8 Å². The summed E-state index contributed by atoms with van der Waals surface area (Å²) in [6.45, 7) is 2.76. The second-order valence-electron chi connectivity index (χ2n) is 9.22. The van der Waals surface area contributed by atoms with Crippen LogP contribution in [0.25, 0.3) is 28.3 Å². The van der Waals surface area contributed by atoms with Crippen LogP contribution < -0.4 is 0 Å². The van der Waals surface area contributed by atoms with E-state index in [-0.39, 0.29) is 40.5 Å². The quantitative estimate of drug-likeness (QED) is 0.293. The largest absolute Gasteiger partial charge is 0.409 e. The third-order valence-electron chi connectivity index (χ3n) is 6.54. The van der Waals surface area contributed by atoms with Crippen LogP contribution in [-0.4, -0.2) is 12.8 Å². The first-order valence-electron chi connectivity index (χ1n) is 12.0. The molecule has 2 atom stereocenters. The van der Waals surface area contributed by atoms with E-state index in [4.69, 9.17) is 4.74 Å². The molecule has 1 aliphatic rings. The lowest BCUT2D eigenvalue weighted by Gasteiger charge is -2.29. The van der Waals surface area contributed by atoms with Gasteiger partial charge in [-0.25, -0.2) is 17.6 Å². The molecule has 3 aromatic carbocycles. The SMILES string of the molecule is CCCC1CCC(c2ccc(-c3ccc(-c4cc(F)c(C=CC(F)(F)F)c(F)c4)c(F)c3)c(F)c2)OC1. The van der Waals surface area contributed by atoms with Crippen LogP contribution in [0.5, 0.6) is 0 Å². The van der Waals surface area contributed by atoms with Gasteiger partial charge in [-0.05, 0) is 72.2 Å². The van der Waals surface area contributed by atoms with Crippen molar-refractivity contribution in [3.05, 3.63) is 89.0 Å². The second-order valence-corrected chi connectivity index (χ2v) is 9.22. The normalized spacial score (nSPS) is 18.5. The monoisotopic (exact) mass is 522 g/mol. The standard InChI is InChI=1S/C29H25F7O/c1-2-3-17-4-9-28(37-16-17)19-6-8-21(25(31)13-19)18-5-7-22(24(30)12-18)20-14-26(32)23(27(33)15-20)10-11-29(34,35)36/h5-8,10-15,17,28H,2-4,9,16H2,1H3. The Morgan fingerprint density at radius 2 is 1.43 bits per heavy atom. The summed E-state index contributed by atoms with van der Waals surface area (Å²) in [4.78, 5) is 0. The number of rotatable bonds is 6. The maximum atomic E-state index is 15.0. The third-order valence-corrected chi connectivity index (χ3v) is 6.54. The van der Waals surface area contributed by atoms with E-state index in [1.807, 2.05) is 0 Å². The molecule has 0 N–H and O–H groups in total. The van der Waals surface area contributed by atoms with Crippen LogP contribution in [0.3, 0.4) is 0 Å². The van der Waals surface area contributed by atoms with E-state index < -0.39 is 35.0 Å². The van der Waals surface area contributed by atoms with Gasteiger partial charge < -0.3 is 4.74 Å². The Morgan fingerprint density at radius 1 is 0.811 bits per heavy atom. The van der Waals surface area contributed by atoms with Crippen molar-refractivity contribution in [2.75, 3.05) is 6.61 Å². The van der Waals surface area contributed by atoms with Crippen molar-refractivity contribution in [2.24, 2.45) is 5.92 Å². The molecular weight excluding hydrogens is 497 g/mol. The van der Waals surface area contributed by atoms with Crippen molar-refractivity contribution < 1.29 is 35.5 Å². The molecule has 8 heteroatoms. The number of halogens is 7. The summed E-state index contributed by atoms with van der Waals surface area (Å²) in [6, 6.07) is 9.88. The molecular formula is C29H25F7O. The molecule has 3 aromatic rings. The molecule has 1 aliphatic heterocycles. The second kappa shape index (κ2) is 11.1. The van der Waals surface area contributed by atoms with Crippen LogP contribution in [0.15, 0.2) is 54.6 Å². The predicted molar refractivity (Wildman–Crippen MR) is 129 cm³/mol. The molecule has 0 radical (unpaired) electrons. The Kier molecular flexibility index (Phi) is 8.07. The van der Waals surface area contributed by atoms with Crippen molar-refractivity contribution in [3.8, 4) is 22.3 Å². The van der Waals surface area contributed by atoms with Crippen molar-refractivity contribution in [3.63, 3.8) is 0 Å². The first-order chi connectivity index (χ1) is 17.6. The van der Waals surface area contributed by atoms with Gasteiger partial charge in [0.1, 0.15) is 23.3 Å². The number of hydrogen-bond acceptors (Lipinski definition) is 1. The summed E-state index contributed by atoms with van der Waals surface area (Å²) in [5.74, 6) is -3.45. The molecule has 1 heterocycles. The topological polar surface area (TPSA) is 9.23 Å². The number of ether oxygens (including phenoxy) is 1. The Balaban J connectivity index is 1.55. The molecule has 0 aliphatic carbocycles. The number of allylic oxidation sites excluding steroid dienone is 1. The fourth-order valence-corrected chi connectivity index (χ4v) is 4.66. The minimum atomic E-state index is -4.74. The number of benzene rings is 3. The summed E-state index contributed by atoms with van der Waals surface area (Å²) < 4.78 is 102. The highest BCUT2D eigenvalue weighted by molar-refractivity contribution is 5.72. The lowest BCUT2D eigenvalue weighted by atomic mass is 9.91. The molecule has 0 spiro atoms. The van der Waals surface area contributed by atoms with Gasteiger partial charge in [-0.15, -0.1) is 0 Å². The van der Waals surface area contributed by atoms with E-state index in [1.165, 1.54) is 18.2 Å². The van der Waals surface area contributed by atoms with Crippen LogP contribution in [0, 0.1) is 29.2 Å². The highest BCUT2D eigenvalue weighted by Crippen LogP contribution is 2.36. The molecule has 196 valence electrons. The molecule has 0 aromatic heterocycles. The lowest BCUT2D eigenvalue weighted by molar-refractivity contribution is -0.0790. The van der Waals surface area contributed by atoms with E-state index in [0.717, 1.165) is 43.9 Å². The van der Waals surface area contributed by atoms with Gasteiger partial charge in [0.25, 0.3) is 0 Å². The van der Waals surface area contributed by atoms with Crippen LogP contribution >= 0.6 is 0 Å². The van der Waals surface area contributed by atoms with E-state index in [1.54, 1.807) is 12.1 Å². The molecule has 0 amide bonds. The van der Waals surface area contributed by atoms with Crippen molar-refractivity contribution in [2.45, 2.75) is 44.9 Å². The van der Waals surface area contributed by atoms with Crippen molar-refractivity contribution in [1.82, 2.24) is 0 Å². The Bertz CT molecular complexity index is 1260. The van der Waals surface area contributed by atoms with E-state index in [9.17, 15) is 30.7 Å². The molecule has 1 fully saturated rings. The van der Waals surface area contributed by atoms with E-state index in [2.05, 4.69) is 6.92 Å². The van der Waals surface area contributed by atoms with Gasteiger partial charge in [0.2, 0.25) is 0 Å². The zero-order valence-electron chi connectivity index (χ0n) is 20.0. The third kappa shape index (κ3) is 6.42. The van der Waals surface area contributed by atoms with Gasteiger partial charge in [-0.3, -0.25) is 0 Å². The van der Waals surface area contributed by atoms with Gasteiger partial charge in [-0.1, -0.05) is 37.6 Å². The molecule has 2 unspecified atom stereocenters. The Labute approximate surface area is 210 Å². The minimum Gasteiger partial charge on any atom is -0.373 e. The van der Waals surface area contributed by atoms with E-state index >= 15 is 0 Å². The summed E-state index contributed by atoms with van der Waals surface area (Å²) in [7, 11) is 0. The zero-order valence-corrected chi connectivity index (χ0v) is 20.0. The van der Waals surface area contributed by atoms with Crippen LogP contribution in [0.2, 0.25) is 0 Å². The average Bonchev–Trinajstić information content (AvgIpc) is 2.83. The van der Waals surface area contributed by atoms with Gasteiger partial charge >= 0.3 is 6.18 Å². The van der Waals surface area contributed by atoms with Crippen molar-refractivity contribution in [1.29, 1.82) is 0 Å². The maximum Gasteiger partial charge on any atom is 0.409 e. The van der Waals surface area contributed by atoms with Crippen LogP contribution in [-0.2, 0) is 4.74 Å². The molecule has 37 heavy (non-hydrogen) atoms. The average molecular weight is 523 g/mol. The lowest BCUT2D eigenvalue weighted by Crippen LogP contribution is -2.20. The minimum absolute atomic E-state index is 0.152. The van der Waals surface area contributed by atoms with Gasteiger partial charge in [0, 0.05) is 22.8 Å². The highest BCUT2D eigenvalue weighted by Gasteiger charge is 2.24. The zero-order chi connectivity index (χ0) is 26.7. The Morgan fingerprint density at radius 3 is 2.00 bits per heavy atom. The van der Waals surface area contributed by atoms with Crippen LogP contribution in [0.4, 0.5) is 30.7 Å². The highest BCUT2D eigenvalue weighted by atomic mass is 19.4. The summed E-state index contributed by atoms with van der Waals surface area (Å²) in [5.41, 5.74) is -0.179. The fraction of sp³-hybridized carbons (Fsp3) is 0.310.